The Hall–Kier alpha value is -0.570. The van der Waals surface area contributed by atoms with Crippen LogP contribution >= 0.6 is 0 Å². The first-order chi connectivity index (χ1) is 7.50. The predicted octanol–water partition coefficient (Wildman–Crippen LogP) is 2.18. The predicted molar refractivity (Wildman–Crippen MR) is 65.1 cm³/mol. The fraction of sp³-hybridized carbons (Fsp3) is 0.923. The molecule has 0 radical (unpaired) electrons. The largest absolute Gasteiger partial charge is 0.393 e. The van der Waals surface area contributed by atoms with Gasteiger partial charge in [0.25, 0.3) is 0 Å². The quantitative estimate of drug-likeness (QED) is 0.782. The Morgan fingerprint density at radius 2 is 2.12 bits per heavy atom. The molecule has 3 heteroatoms. The normalized spacial score (nSPS) is 22.8. The maximum Gasteiger partial charge on any atom is 0.222 e. The van der Waals surface area contributed by atoms with Gasteiger partial charge in [-0.25, -0.2) is 0 Å². The molecule has 0 spiro atoms. The fourth-order valence-electron chi connectivity index (χ4n) is 2.36. The third kappa shape index (κ3) is 4.12. The lowest BCUT2D eigenvalue weighted by Crippen LogP contribution is -2.37. The van der Waals surface area contributed by atoms with Crippen LogP contribution in [0.15, 0.2) is 0 Å². The van der Waals surface area contributed by atoms with Gasteiger partial charge < -0.3 is 10.0 Å². The molecule has 0 aromatic heterocycles. The highest BCUT2D eigenvalue weighted by Crippen LogP contribution is 2.23. The van der Waals surface area contributed by atoms with Gasteiger partial charge in [0, 0.05) is 19.0 Å². The molecule has 0 aromatic carbocycles. The molecule has 1 aliphatic heterocycles. The van der Waals surface area contributed by atoms with E-state index in [1.165, 1.54) is 0 Å². The molecule has 0 aliphatic carbocycles. The molecule has 1 aliphatic rings. The lowest BCUT2D eigenvalue weighted by atomic mass is 10.1. The van der Waals surface area contributed by atoms with Gasteiger partial charge in [0.2, 0.25) is 5.91 Å². The van der Waals surface area contributed by atoms with Crippen LogP contribution < -0.4 is 0 Å². The molecule has 1 fully saturated rings. The molecule has 0 bridgehead atoms. The van der Waals surface area contributed by atoms with Crippen LogP contribution in [0.2, 0.25) is 0 Å². The summed E-state index contributed by atoms with van der Waals surface area (Å²) in [6, 6.07) is 0.277. The molecule has 1 rings (SSSR count). The summed E-state index contributed by atoms with van der Waals surface area (Å²) in [7, 11) is 0. The summed E-state index contributed by atoms with van der Waals surface area (Å²) in [5, 5.41) is 9.39. The van der Waals surface area contributed by atoms with Gasteiger partial charge in [-0.05, 0) is 38.5 Å². The Labute approximate surface area is 98.8 Å². The monoisotopic (exact) mass is 227 g/mol. The van der Waals surface area contributed by atoms with E-state index in [1.54, 1.807) is 6.92 Å². The molecule has 2 atom stereocenters. The average Bonchev–Trinajstić information content (AvgIpc) is 2.61. The molecular formula is C13H25NO2. The summed E-state index contributed by atoms with van der Waals surface area (Å²) >= 11 is 0. The highest BCUT2D eigenvalue weighted by molar-refractivity contribution is 5.76. The Morgan fingerprint density at radius 1 is 1.44 bits per heavy atom. The summed E-state index contributed by atoms with van der Waals surface area (Å²) < 4.78 is 0. The maximum absolute atomic E-state index is 12.0. The highest BCUT2D eigenvalue weighted by atomic mass is 16.3. The van der Waals surface area contributed by atoms with Gasteiger partial charge >= 0.3 is 0 Å². The van der Waals surface area contributed by atoms with Gasteiger partial charge in [-0.3, -0.25) is 4.79 Å². The molecular weight excluding hydrogens is 202 g/mol. The van der Waals surface area contributed by atoms with Crippen LogP contribution in [0.25, 0.3) is 0 Å². The fourth-order valence-corrected chi connectivity index (χ4v) is 2.36. The molecule has 1 amide bonds. The van der Waals surface area contributed by atoms with Crippen molar-refractivity contribution < 1.29 is 9.90 Å². The minimum Gasteiger partial charge on any atom is -0.393 e. The molecule has 16 heavy (non-hydrogen) atoms. The van der Waals surface area contributed by atoms with Gasteiger partial charge in [-0.1, -0.05) is 13.8 Å². The smallest absolute Gasteiger partial charge is 0.222 e. The van der Waals surface area contributed by atoms with E-state index in [-0.39, 0.29) is 18.1 Å². The van der Waals surface area contributed by atoms with Crippen LogP contribution in [0.3, 0.4) is 0 Å². The molecule has 2 unspecified atom stereocenters. The van der Waals surface area contributed by atoms with Crippen molar-refractivity contribution >= 4 is 5.91 Å². The Kier molecular flexibility index (Phi) is 5.26. The topological polar surface area (TPSA) is 40.5 Å². The van der Waals surface area contributed by atoms with Crippen LogP contribution in [0.1, 0.15) is 52.9 Å². The van der Waals surface area contributed by atoms with Gasteiger partial charge in [-0.2, -0.15) is 0 Å². The number of hydrogen-bond donors (Lipinski definition) is 1. The van der Waals surface area contributed by atoms with Gasteiger partial charge in [0.15, 0.2) is 0 Å². The zero-order chi connectivity index (χ0) is 12.1. The van der Waals surface area contributed by atoms with Crippen molar-refractivity contribution in [3.05, 3.63) is 0 Å². The van der Waals surface area contributed by atoms with E-state index < -0.39 is 0 Å². The SMILES string of the molecule is CC(C)CCC(=O)N1CCCC1CC(C)O. The molecule has 0 aromatic rings. The summed E-state index contributed by atoms with van der Waals surface area (Å²) in [6.07, 6.45) is 4.20. The van der Waals surface area contributed by atoms with Gasteiger partial charge in [-0.15, -0.1) is 0 Å². The minimum absolute atomic E-state index is 0.275. The number of rotatable bonds is 5. The second-order valence-corrected chi connectivity index (χ2v) is 5.40. The number of likely N-dealkylation sites (tertiary alicyclic amines) is 1. The number of nitrogens with zero attached hydrogens (tertiary/aromatic N) is 1. The first-order valence-corrected chi connectivity index (χ1v) is 6.48. The van der Waals surface area contributed by atoms with Gasteiger partial charge in [0.05, 0.1) is 6.10 Å². The van der Waals surface area contributed by atoms with E-state index in [9.17, 15) is 9.90 Å². The van der Waals surface area contributed by atoms with Gasteiger partial charge in [0.1, 0.15) is 0 Å². The van der Waals surface area contributed by atoms with E-state index in [4.69, 9.17) is 0 Å². The van der Waals surface area contributed by atoms with E-state index in [1.807, 2.05) is 4.90 Å². The van der Waals surface area contributed by atoms with E-state index in [2.05, 4.69) is 13.8 Å². The Morgan fingerprint density at radius 3 is 2.69 bits per heavy atom. The third-order valence-electron chi connectivity index (χ3n) is 3.25. The van der Waals surface area contributed by atoms with Crippen molar-refractivity contribution in [3.63, 3.8) is 0 Å². The number of amides is 1. The number of aliphatic hydroxyl groups is 1. The summed E-state index contributed by atoms with van der Waals surface area (Å²) in [6.45, 7) is 6.97. The summed E-state index contributed by atoms with van der Waals surface area (Å²) in [5.41, 5.74) is 0. The van der Waals surface area contributed by atoms with Crippen LogP contribution in [0.4, 0.5) is 0 Å². The van der Waals surface area contributed by atoms with Crippen molar-refractivity contribution in [2.45, 2.75) is 65.0 Å². The first kappa shape index (κ1) is 13.5. The van der Waals surface area contributed by atoms with Crippen LogP contribution in [-0.2, 0) is 4.79 Å². The van der Waals surface area contributed by atoms with E-state index >= 15 is 0 Å². The maximum atomic E-state index is 12.0. The Balaban J connectivity index is 2.41. The number of hydrogen-bond acceptors (Lipinski definition) is 2. The molecule has 1 saturated heterocycles. The zero-order valence-corrected chi connectivity index (χ0v) is 10.8. The van der Waals surface area contributed by atoms with Crippen molar-refractivity contribution in [3.8, 4) is 0 Å². The lowest BCUT2D eigenvalue weighted by Gasteiger charge is -2.26. The Bertz CT molecular complexity index is 226. The van der Waals surface area contributed by atoms with Crippen LogP contribution in [0, 0.1) is 5.92 Å². The molecule has 3 nitrogen and oxygen atoms in total. The highest BCUT2D eigenvalue weighted by Gasteiger charge is 2.28. The van der Waals surface area contributed by atoms with Crippen molar-refractivity contribution in [1.82, 2.24) is 4.90 Å². The number of carbonyl (C=O) groups excluding carboxylic acids is 1. The molecule has 0 saturated carbocycles. The average molecular weight is 227 g/mol. The first-order valence-electron chi connectivity index (χ1n) is 6.48. The molecule has 94 valence electrons. The summed E-state index contributed by atoms with van der Waals surface area (Å²) in [5.74, 6) is 0.860. The number of carbonyl (C=O) groups is 1. The van der Waals surface area contributed by atoms with Crippen molar-refractivity contribution in [2.75, 3.05) is 6.54 Å². The molecule has 1 N–H and O–H groups in total. The van der Waals surface area contributed by atoms with Crippen LogP contribution in [-0.4, -0.2) is 34.6 Å². The lowest BCUT2D eigenvalue weighted by molar-refractivity contribution is -0.132. The third-order valence-corrected chi connectivity index (χ3v) is 3.25. The second-order valence-electron chi connectivity index (χ2n) is 5.40. The van der Waals surface area contributed by atoms with Crippen molar-refractivity contribution in [1.29, 1.82) is 0 Å². The second kappa shape index (κ2) is 6.24. The summed E-state index contributed by atoms with van der Waals surface area (Å²) in [4.78, 5) is 14.0. The van der Waals surface area contributed by atoms with E-state index in [0.29, 0.717) is 12.3 Å². The minimum atomic E-state index is -0.302. The molecule has 1 heterocycles. The van der Waals surface area contributed by atoms with E-state index in [0.717, 1.165) is 32.2 Å². The number of aliphatic hydroxyl groups excluding tert-OH is 1. The van der Waals surface area contributed by atoms with Crippen molar-refractivity contribution in [2.24, 2.45) is 5.92 Å². The van der Waals surface area contributed by atoms with Crippen LogP contribution in [0.5, 0.6) is 0 Å². The zero-order valence-electron chi connectivity index (χ0n) is 10.8. The standard InChI is InChI=1S/C13H25NO2/c1-10(2)6-7-13(16)14-8-4-5-12(14)9-11(3)15/h10-12,15H,4-9H2,1-3H3.